The summed E-state index contributed by atoms with van der Waals surface area (Å²) in [4.78, 5) is 38.0. The van der Waals surface area contributed by atoms with Crippen molar-refractivity contribution in [2.45, 2.75) is 44.9 Å². The Morgan fingerprint density at radius 1 is 1.08 bits per heavy atom. The van der Waals surface area contributed by atoms with Crippen LogP contribution in [0.1, 0.15) is 44.9 Å². The Morgan fingerprint density at radius 2 is 1.79 bits per heavy atom. The second kappa shape index (κ2) is 6.34. The highest BCUT2D eigenvalue weighted by atomic mass is 16.2. The van der Waals surface area contributed by atoms with E-state index in [0.29, 0.717) is 19.4 Å². The number of hydrogen-bond donors (Lipinski definition) is 1. The van der Waals surface area contributed by atoms with E-state index in [1.165, 1.54) is 30.6 Å². The fraction of sp³-hybridized carbons (Fsp3) is 0.737. The van der Waals surface area contributed by atoms with E-state index in [2.05, 4.69) is 5.32 Å². The van der Waals surface area contributed by atoms with E-state index in [4.69, 9.17) is 0 Å². The zero-order chi connectivity index (χ0) is 16.7. The lowest BCUT2D eigenvalue weighted by Gasteiger charge is -2.21. The molecule has 1 saturated heterocycles. The van der Waals surface area contributed by atoms with Gasteiger partial charge in [0.15, 0.2) is 0 Å². The van der Waals surface area contributed by atoms with Gasteiger partial charge < -0.3 is 5.32 Å². The van der Waals surface area contributed by atoms with Gasteiger partial charge in [-0.05, 0) is 56.3 Å². The van der Waals surface area contributed by atoms with E-state index in [1.807, 2.05) is 12.2 Å². The van der Waals surface area contributed by atoms with Crippen molar-refractivity contribution in [3.8, 4) is 0 Å². The van der Waals surface area contributed by atoms with E-state index in [-0.39, 0.29) is 36.1 Å². The van der Waals surface area contributed by atoms with Gasteiger partial charge in [0.2, 0.25) is 17.7 Å². The second-order valence-electron chi connectivity index (χ2n) is 7.99. The van der Waals surface area contributed by atoms with Crippen LogP contribution in [0.25, 0.3) is 0 Å². The molecular weight excluding hydrogens is 304 g/mol. The molecule has 5 nitrogen and oxygen atoms in total. The van der Waals surface area contributed by atoms with Crippen LogP contribution in [0.4, 0.5) is 0 Å². The summed E-state index contributed by atoms with van der Waals surface area (Å²) in [5, 5.41) is 2.92. The molecule has 5 heteroatoms. The van der Waals surface area contributed by atoms with Gasteiger partial charge in [0.25, 0.3) is 0 Å². The smallest absolute Gasteiger partial charge is 0.240 e. The number of rotatable bonds is 5. The van der Waals surface area contributed by atoms with Crippen molar-refractivity contribution in [3.63, 3.8) is 0 Å². The van der Waals surface area contributed by atoms with Crippen molar-refractivity contribution in [2.24, 2.45) is 29.6 Å². The SMILES string of the molecule is O=C(CN1C(=O)C2CC=CCC2C1=O)NCCC1CC2CCC1C2. The van der Waals surface area contributed by atoms with Gasteiger partial charge in [0.05, 0.1) is 11.8 Å². The number of allylic oxidation sites excluding steroid dienone is 2. The molecule has 2 bridgehead atoms. The van der Waals surface area contributed by atoms with Crippen LogP contribution in [0.3, 0.4) is 0 Å². The van der Waals surface area contributed by atoms with Gasteiger partial charge in [-0.1, -0.05) is 18.6 Å². The molecule has 0 aromatic heterocycles. The van der Waals surface area contributed by atoms with E-state index in [9.17, 15) is 14.4 Å². The van der Waals surface area contributed by atoms with E-state index < -0.39 is 0 Å². The second-order valence-corrected chi connectivity index (χ2v) is 7.99. The maximum absolute atomic E-state index is 12.3. The summed E-state index contributed by atoms with van der Waals surface area (Å²) in [7, 11) is 0. The molecule has 4 aliphatic rings. The molecule has 3 fully saturated rings. The van der Waals surface area contributed by atoms with Crippen LogP contribution in [0.2, 0.25) is 0 Å². The predicted octanol–water partition coefficient (Wildman–Crippen LogP) is 1.88. The summed E-state index contributed by atoms with van der Waals surface area (Å²) in [6.07, 6.45) is 11.7. The molecule has 3 amide bonds. The van der Waals surface area contributed by atoms with E-state index in [1.54, 1.807) is 0 Å². The molecular formula is C19H26N2O3. The van der Waals surface area contributed by atoms with Crippen LogP contribution < -0.4 is 5.32 Å². The summed E-state index contributed by atoms with van der Waals surface area (Å²) in [5.74, 6) is 1.51. The minimum Gasteiger partial charge on any atom is -0.355 e. The lowest BCUT2D eigenvalue weighted by Crippen LogP contribution is -2.41. The first kappa shape index (κ1) is 15.9. The fourth-order valence-corrected chi connectivity index (χ4v) is 5.35. The average molecular weight is 330 g/mol. The number of amides is 3. The van der Waals surface area contributed by atoms with Gasteiger partial charge in [0.1, 0.15) is 6.54 Å². The molecule has 130 valence electrons. The van der Waals surface area contributed by atoms with Crippen molar-refractivity contribution in [3.05, 3.63) is 12.2 Å². The molecule has 0 radical (unpaired) electrons. The molecule has 5 unspecified atom stereocenters. The molecule has 0 spiro atoms. The summed E-state index contributed by atoms with van der Waals surface area (Å²) >= 11 is 0. The number of fused-ring (bicyclic) bond motifs is 3. The quantitative estimate of drug-likeness (QED) is 0.618. The highest BCUT2D eigenvalue weighted by Crippen LogP contribution is 2.49. The molecule has 4 rings (SSSR count). The molecule has 0 aromatic rings. The van der Waals surface area contributed by atoms with Gasteiger partial charge in [0, 0.05) is 6.54 Å². The van der Waals surface area contributed by atoms with Crippen molar-refractivity contribution in [2.75, 3.05) is 13.1 Å². The first-order valence-corrected chi connectivity index (χ1v) is 9.40. The minimum atomic E-state index is -0.246. The molecule has 24 heavy (non-hydrogen) atoms. The Labute approximate surface area is 142 Å². The van der Waals surface area contributed by atoms with Gasteiger partial charge in [-0.3, -0.25) is 19.3 Å². The lowest BCUT2D eigenvalue weighted by molar-refractivity contribution is -0.143. The number of imide groups is 1. The molecule has 3 aliphatic carbocycles. The van der Waals surface area contributed by atoms with Crippen molar-refractivity contribution < 1.29 is 14.4 Å². The van der Waals surface area contributed by atoms with Crippen molar-refractivity contribution in [1.29, 1.82) is 0 Å². The third-order valence-corrected chi connectivity index (χ3v) is 6.62. The Bertz CT molecular complexity index is 559. The molecule has 1 heterocycles. The van der Waals surface area contributed by atoms with Crippen LogP contribution in [0.15, 0.2) is 12.2 Å². The van der Waals surface area contributed by atoms with Crippen molar-refractivity contribution >= 4 is 17.7 Å². The number of likely N-dealkylation sites (tertiary alicyclic amines) is 1. The van der Waals surface area contributed by atoms with E-state index >= 15 is 0 Å². The molecule has 1 N–H and O–H groups in total. The number of hydrogen-bond acceptors (Lipinski definition) is 3. The molecule has 2 saturated carbocycles. The fourth-order valence-electron chi connectivity index (χ4n) is 5.35. The Morgan fingerprint density at radius 3 is 2.38 bits per heavy atom. The highest BCUT2D eigenvalue weighted by Gasteiger charge is 2.47. The van der Waals surface area contributed by atoms with Gasteiger partial charge in [-0.25, -0.2) is 0 Å². The Hall–Kier alpha value is -1.65. The normalized spacial score (nSPS) is 37.2. The van der Waals surface area contributed by atoms with Crippen LogP contribution in [-0.2, 0) is 14.4 Å². The van der Waals surface area contributed by atoms with Crippen LogP contribution in [-0.4, -0.2) is 35.7 Å². The van der Waals surface area contributed by atoms with E-state index in [0.717, 1.165) is 24.2 Å². The molecule has 1 aliphatic heterocycles. The zero-order valence-corrected chi connectivity index (χ0v) is 14.1. The first-order chi connectivity index (χ1) is 11.6. The number of carbonyl (C=O) groups is 3. The maximum atomic E-state index is 12.3. The average Bonchev–Trinajstić information content (AvgIpc) is 3.26. The first-order valence-electron chi connectivity index (χ1n) is 9.40. The Balaban J connectivity index is 1.24. The topological polar surface area (TPSA) is 66.5 Å². The van der Waals surface area contributed by atoms with Gasteiger partial charge in [-0.2, -0.15) is 0 Å². The summed E-state index contributed by atoms with van der Waals surface area (Å²) in [6.45, 7) is 0.554. The largest absolute Gasteiger partial charge is 0.355 e. The summed E-state index contributed by atoms with van der Waals surface area (Å²) in [5.41, 5.74) is 0. The number of nitrogens with one attached hydrogen (secondary N) is 1. The van der Waals surface area contributed by atoms with Crippen LogP contribution >= 0.6 is 0 Å². The number of carbonyl (C=O) groups excluding carboxylic acids is 3. The van der Waals surface area contributed by atoms with Crippen LogP contribution in [0, 0.1) is 29.6 Å². The predicted molar refractivity (Wildman–Crippen MR) is 88.6 cm³/mol. The zero-order valence-electron chi connectivity index (χ0n) is 14.1. The molecule has 0 aromatic carbocycles. The third kappa shape index (κ3) is 2.78. The summed E-state index contributed by atoms with van der Waals surface area (Å²) < 4.78 is 0. The summed E-state index contributed by atoms with van der Waals surface area (Å²) in [6, 6.07) is 0. The Kier molecular flexibility index (Phi) is 4.19. The number of nitrogens with zero attached hydrogens (tertiary/aromatic N) is 1. The molecule has 5 atom stereocenters. The minimum absolute atomic E-state index is 0.110. The lowest BCUT2D eigenvalue weighted by atomic mass is 9.85. The standard InChI is InChI=1S/C19H26N2O3/c22-17(20-8-7-14-10-12-5-6-13(14)9-12)11-21-18(23)15-3-1-2-4-16(15)19(21)24/h1-2,12-16H,3-11H2,(H,20,22). The monoisotopic (exact) mass is 330 g/mol. The van der Waals surface area contributed by atoms with Gasteiger partial charge >= 0.3 is 0 Å². The van der Waals surface area contributed by atoms with Crippen molar-refractivity contribution in [1.82, 2.24) is 10.2 Å². The highest BCUT2D eigenvalue weighted by molar-refractivity contribution is 6.07. The van der Waals surface area contributed by atoms with Crippen LogP contribution in [0.5, 0.6) is 0 Å². The van der Waals surface area contributed by atoms with Gasteiger partial charge in [-0.15, -0.1) is 0 Å². The third-order valence-electron chi connectivity index (χ3n) is 6.62. The maximum Gasteiger partial charge on any atom is 0.240 e.